The fourth-order valence-electron chi connectivity index (χ4n) is 1.93. The number of hydrogen-bond donors (Lipinski definition) is 0. The average molecular weight is 214 g/mol. The van der Waals surface area contributed by atoms with Crippen LogP contribution in [-0.2, 0) is 4.79 Å². The molecular weight excluding hydrogens is 192 g/mol. The molecular formula is C12H22OS. The Morgan fingerprint density at radius 2 is 1.43 bits per heavy atom. The van der Waals surface area contributed by atoms with Gasteiger partial charge in [-0.05, 0) is 18.6 Å². The van der Waals surface area contributed by atoms with Crippen LogP contribution in [0.5, 0.6) is 0 Å². The average Bonchev–Trinajstić information content (AvgIpc) is 2.19. The zero-order valence-electron chi connectivity index (χ0n) is 9.04. The van der Waals surface area contributed by atoms with Gasteiger partial charge < -0.3 is 4.79 Å². The van der Waals surface area contributed by atoms with Gasteiger partial charge in [0, 0.05) is 0 Å². The first-order valence-electron chi connectivity index (χ1n) is 6.00. The van der Waals surface area contributed by atoms with E-state index in [0.29, 0.717) is 0 Å². The van der Waals surface area contributed by atoms with Crippen molar-refractivity contribution in [2.45, 2.75) is 63.0 Å². The highest BCUT2D eigenvalue weighted by Gasteiger charge is 2.07. The van der Waals surface area contributed by atoms with Gasteiger partial charge in [-0.15, -0.1) is 0 Å². The van der Waals surface area contributed by atoms with E-state index in [1.54, 1.807) is 0 Å². The molecule has 2 heteroatoms. The third kappa shape index (κ3) is 5.69. The molecule has 1 fully saturated rings. The fraction of sp³-hybridized carbons (Fsp3) is 0.917. The van der Waals surface area contributed by atoms with Crippen LogP contribution in [0.1, 0.15) is 57.8 Å². The van der Waals surface area contributed by atoms with Crippen molar-refractivity contribution in [3.8, 4) is 0 Å². The van der Waals surface area contributed by atoms with Crippen LogP contribution in [0.2, 0.25) is 0 Å². The maximum atomic E-state index is 10.8. The minimum absolute atomic E-state index is 0.287. The third-order valence-corrected chi connectivity index (χ3v) is 4.17. The van der Waals surface area contributed by atoms with Crippen LogP contribution in [0.25, 0.3) is 0 Å². The second kappa shape index (κ2) is 8.34. The predicted octanol–water partition coefficient (Wildman–Crippen LogP) is 3.81. The summed E-state index contributed by atoms with van der Waals surface area (Å²) in [5.41, 5.74) is 0. The molecule has 1 rings (SSSR count). The fourth-order valence-corrected chi connectivity index (χ4v) is 3.02. The largest absolute Gasteiger partial charge is 0.302 e. The topological polar surface area (TPSA) is 17.1 Å². The van der Waals surface area contributed by atoms with Crippen LogP contribution in [0, 0.1) is 0 Å². The van der Waals surface area contributed by atoms with Crippen molar-refractivity contribution in [2.75, 3.05) is 5.75 Å². The second-order valence-corrected chi connectivity index (χ2v) is 5.51. The molecule has 0 aromatic heterocycles. The zero-order chi connectivity index (χ0) is 10.1. The summed E-state index contributed by atoms with van der Waals surface area (Å²) in [6.07, 6.45) is 13.1. The van der Waals surface area contributed by atoms with Crippen LogP contribution < -0.4 is 0 Å². The van der Waals surface area contributed by atoms with Crippen molar-refractivity contribution >= 4 is 18.0 Å². The summed E-state index contributed by atoms with van der Waals surface area (Å²) in [6.45, 7) is 0. The highest BCUT2D eigenvalue weighted by molar-refractivity contribution is 8.00. The van der Waals surface area contributed by atoms with E-state index in [2.05, 4.69) is 0 Å². The van der Waals surface area contributed by atoms with Gasteiger partial charge in [-0.2, -0.15) is 11.8 Å². The van der Waals surface area contributed by atoms with Crippen LogP contribution in [-0.4, -0.2) is 17.3 Å². The Morgan fingerprint density at radius 1 is 0.857 bits per heavy atom. The number of carbonyl (C=O) groups excluding carboxylic acids is 1. The molecule has 0 saturated carbocycles. The molecule has 1 aliphatic rings. The summed E-state index contributed by atoms with van der Waals surface area (Å²) < 4.78 is 0. The number of rotatable bonds is 1. The molecule has 1 aliphatic heterocycles. The Bertz CT molecular complexity index is 135. The number of hydrogen-bond acceptors (Lipinski definition) is 2. The van der Waals surface area contributed by atoms with Crippen molar-refractivity contribution in [3.63, 3.8) is 0 Å². The Morgan fingerprint density at radius 3 is 2.07 bits per heavy atom. The molecule has 82 valence electrons. The molecule has 0 N–H and O–H groups in total. The summed E-state index contributed by atoms with van der Waals surface area (Å²) in [4.78, 5) is 10.8. The highest BCUT2D eigenvalue weighted by Crippen LogP contribution is 2.20. The monoisotopic (exact) mass is 214 g/mol. The lowest BCUT2D eigenvalue weighted by Crippen LogP contribution is -2.05. The molecule has 1 unspecified atom stereocenters. The van der Waals surface area contributed by atoms with Gasteiger partial charge in [0.15, 0.2) is 0 Å². The zero-order valence-corrected chi connectivity index (χ0v) is 9.86. The van der Waals surface area contributed by atoms with Crippen LogP contribution >= 0.6 is 11.8 Å². The molecule has 0 aliphatic carbocycles. The molecule has 0 radical (unpaired) electrons. The van der Waals surface area contributed by atoms with Crippen molar-refractivity contribution in [1.82, 2.24) is 0 Å². The van der Waals surface area contributed by atoms with E-state index in [1.807, 2.05) is 11.8 Å². The molecule has 1 saturated heterocycles. The maximum absolute atomic E-state index is 10.8. The van der Waals surface area contributed by atoms with Crippen molar-refractivity contribution < 1.29 is 4.79 Å². The molecule has 0 aromatic carbocycles. The van der Waals surface area contributed by atoms with Gasteiger partial charge in [0.1, 0.15) is 6.29 Å². The first-order chi connectivity index (χ1) is 6.93. The van der Waals surface area contributed by atoms with Crippen molar-refractivity contribution in [3.05, 3.63) is 0 Å². The van der Waals surface area contributed by atoms with E-state index >= 15 is 0 Å². The summed E-state index contributed by atoms with van der Waals surface area (Å²) in [5, 5.41) is 0.287. The molecule has 0 spiro atoms. The van der Waals surface area contributed by atoms with E-state index < -0.39 is 0 Å². The van der Waals surface area contributed by atoms with Crippen molar-refractivity contribution in [1.29, 1.82) is 0 Å². The van der Waals surface area contributed by atoms with Crippen LogP contribution in [0.3, 0.4) is 0 Å². The van der Waals surface area contributed by atoms with E-state index in [1.165, 1.54) is 57.1 Å². The van der Waals surface area contributed by atoms with E-state index in [4.69, 9.17) is 0 Å². The van der Waals surface area contributed by atoms with E-state index in [9.17, 15) is 4.79 Å². The van der Waals surface area contributed by atoms with Gasteiger partial charge >= 0.3 is 0 Å². The second-order valence-electron chi connectivity index (χ2n) is 4.16. The molecule has 0 amide bonds. The molecule has 0 bridgehead atoms. The Hall–Kier alpha value is 0.0200. The van der Waals surface area contributed by atoms with Crippen LogP contribution in [0.15, 0.2) is 0 Å². The Labute approximate surface area is 92.0 Å². The SMILES string of the molecule is O=CC1CCCCCCCCCCS1. The lowest BCUT2D eigenvalue weighted by molar-refractivity contribution is -0.107. The van der Waals surface area contributed by atoms with Gasteiger partial charge in [0.05, 0.1) is 5.25 Å². The first kappa shape index (κ1) is 12.1. The number of aldehydes is 1. The lowest BCUT2D eigenvalue weighted by atomic mass is 10.1. The third-order valence-electron chi connectivity index (χ3n) is 2.87. The van der Waals surface area contributed by atoms with Crippen LogP contribution in [0.4, 0.5) is 0 Å². The predicted molar refractivity (Wildman–Crippen MR) is 63.9 cm³/mol. The maximum Gasteiger partial charge on any atom is 0.132 e. The summed E-state index contributed by atoms with van der Waals surface area (Å²) in [7, 11) is 0. The molecule has 0 aromatic rings. The summed E-state index contributed by atoms with van der Waals surface area (Å²) >= 11 is 1.87. The minimum Gasteiger partial charge on any atom is -0.302 e. The molecule has 1 nitrogen and oxygen atoms in total. The van der Waals surface area contributed by atoms with E-state index in [0.717, 1.165) is 12.7 Å². The van der Waals surface area contributed by atoms with Crippen molar-refractivity contribution in [2.24, 2.45) is 0 Å². The highest BCUT2D eigenvalue weighted by atomic mass is 32.2. The van der Waals surface area contributed by atoms with Gasteiger partial charge in [-0.3, -0.25) is 0 Å². The van der Waals surface area contributed by atoms with Gasteiger partial charge in [0.2, 0.25) is 0 Å². The smallest absolute Gasteiger partial charge is 0.132 e. The molecule has 1 heterocycles. The van der Waals surface area contributed by atoms with Gasteiger partial charge in [0.25, 0.3) is 0 Å². The first-order valence-corrected chi connectivity index (χ1v) is 7.05. The standard InChI is InChI=1S/C12H22OS/c13-11-12-9-7-5-3-1-2-4-6-8-10-14-12/h11-12H,1-10H2. The Balaban J connectivity index is 2.20. The summed E-state index contributed by atoms with van der Waals surface area (Å²) in [5.74, 6) is 1.18. The lowest BCUT2D eigenvalue weighted by Gasteiger charge is -2.11. The van der Waals surface area contributed by atoms with Gasteiger partial charge in [-0.25, -0.2) is 0 Å². The summed E-state index contributed by atoms with van der Waals surface area (Å²) in [6, 6.07) is 0. The molecule has 1 atom stereocenters. The quantitative estimate of drug-likeness (QED) is 0.617. The van der Waals surface area contributed by atoms with E-state index in [-0.39, 0.29) is 5.25 Å². The van der Waals surface area contributed by atoms with Gasteiger partial charge in [-0.1, -0.05) is 44.9 Å². The Kier molecular flexibility index (Phi) is 7.20. The minimum atomic E-state index is 0.287. The normalized spacial score (nSPS) is 27.3. The molecule has 14 heavy (non-hydrogen) atoms. The number of carbonyl (C=O) groups is 1. The number of thioether (sulfide) groups is 1.